The summed E-state index contributed by atoms with van der Waals surface area (Å²) >= 11 is 9.13. The third kappa shape index (κ3) is 4.65. The Kier molecular flexibility index (Phi) is 6.46. The first-order valence-corrected chi connectivity index (χ1v) is 11.2. The molecule has 0 aliphatic carbocycles. The number of anilines is 2. The average molecular weight is 505 g/mol. The maximum absolute atomic E-state index is 12.9. The third-order valence-corrected chi connectivity index (χ3v) is 6.86. The Labute approximate surface area is 187 Å². The molecule has 0 aromatic heterocycles. The number of carbonyl (C=O) groups is 1. The Hall–Kier alpha value is -2.86. The highest BCUT2D eigenvalue weighted by atomic mass is 79.9. The van der Waals surface area contributed by atoms with E-state index in [0.29, 0.717) is 22.0 Å². The lowest BCUT2D eigenvalue weighted by atomic mass is 10.1. The molecule has 0 radical (unpaired) electrons. The first-order valence-electron chi connectivity index (χ1n) is 8.58. The molecule has 3 aromatic carbocycles. The zero-order valence-corrected chi connectivity index (χ0v) is 18.8. The van der Waals surface area contributed by atoms with Gasteiger partial charge in [-0.3, -0.25) is 9.10 Å². The van der Waals surface area contributed by atoms with Crippen LogP contribution < -0.4 is 9.62 Å². The highest BCUT2D eigenvalue weighted by Gasteiger charge is 2.22. The van der Waals surface area contributed by atoms with Crippen LogP contribution in [0.4, 0.5) is 11.4 Å². The van der Waals surface area contributed by atoms with Gasteiger partial charge in [0.2, 0.25) is 0 Å². The van der Waals surface area contributed by atoms with Gasteiger partial charge >= 0.3 is 0 Å². The molecule has 1 N–H and O–H groups in total. The van der Waals surface area contributed by atoms with Gasteiger partial charge in [-0.2, -0.15) is 5.26 Å². The van der Waals surface area contributed by atoms with Gasteiger partial charge in [0.15, 0.2) is 0 Å². The molecule has 0 saturated carbocycles. The molecule has 6 nitrogen and oxygen atoms in total. The molecular weight excluding hydrogens is 490 g/mol. The van der Waals surface area contributed by atoms with E-state index in [0.717, 1.165) is 8.78 Å². The van der Waals surface area contributed by atoms with Crippen molar-refractivity contribution in [1.29, 1.82) is 5.26 Å². The number of nitrogens with zero attached hydrogens (tertiary/aromatic N) is 2. The topological polar surface area (TPSA) is 90.3 Å². The molecule has 30 heavy (non-hydrogen) atoms. The Morgan fingerprint density at radius 3 is 2.30 bits per heavy atom. The smallest absolute Gasteiger partial charge is 0.264 e. The third-order valence-electron chi connectivity index (χ3n) is 4.32. The fourth-order valence-electron chi connectivity index (χ4n) is 2.64. The highest BCUT2D eigenvalue weighted by molar-refractivity contribution is 9.10. The maximum atomic E-state index is 12.9. The van der Waals surface area contributed by atoms with Crippen molar-refractivity contribution < 1.29 is 13.2 Å². The first kappa shape index (κ1) is 21.8. The van der Waals surface area contributed by atoms with Gasteiger partial charge in [0.05, 0.1) is 21.8 Å². The number of carbonyl (C=O) groups excluding carboxylic acids is 1. The zero-order chi connectivity index (χ0) is 21.9. The summed E-state index contributed by atoms with van der Waals surface area (Å²) in [5.41, 5.74) is 1.39. The molecule has 3 rings (SSSR count). The van der Waals surface area contributed by atoms with Gasteiger partial charge < -0.3 is 5.32 Å². The molecule has 1 amide bonds. The lowest BCUT2D eigenvalue weighted by Crippen LogP contribution is -2.26. The van der Waals surface area contributed by atoms with Crippen LogP contribution in [-0.2, 0) is 10.0 Å². The van der Waals surface area contributed by atoms with Gasteiger partial charge in [0.25, 0.3) is 15.9 Å². The second-order valence-electron chi connectivity index (χ2n) is 6.23. The van der Waals surface area contributed by atoms with Crippen LogP contribution >= 0.6 is 27.5 Å². The predicted octanol–water partition coefficient (Wildman–Crippen LogP) is 5.05. The van der Waals surface area contributed by atoms with Crippen molar-refractivity contribution in [2.75, 3.05) is 16.7 Å². The second-order valence-corrected chi connectivity index (χ2v) is 9.55. The fourth-order valence-corrected chi connectivity index (χ4v) is 4.32. The van der Waals surface area contributed by atoms with Crippen molar-refractivity contribution in [2.24, 2.45) is 0 Å². The fraction of sp³-hybridized carbons (Fsp3) is 0.0476. The lowest BCUT2D eigenvalue weighted by molar-refractivity contribution is 0.102. The van der Waals surface area contributed by atoms with Crippen molar-refractivity contribution in [1.82, 2.24) is 0 Å². The van der Waals surface area contributed by atoms with Gasteiger partial charge in [0.1, 0.15) is 6.07 Å². The van der Waals surface area contributed by atoms with Crippen LogP contribution in [-0.4, -0.2) is 21.4 Å². The SMILES string of the molecule is CN(c1ccc(Cl)cc1)S(=O)(=O)c1ccc(C(=O)Nc2ccc(Br)cc2C#N)cc1. The molecule has 0 atom stereocenters. The van der Waals surface area contributed by atoms with Gasteiger partial charge in [-0.1, -0.05) is 27.5 Å². The molecule has 0 heterocycles. The number of nitrogens with one attached hydrogen (secondary N) is 1. The monoisotopic (exact) mass is 503 g/mol. The number of nitriles is 1. The summed E-state index contributed by atoms with van der Waals surface area (Å²) in [6.45, 7) is 0. The minimum absolute atomic E-state index is 0.0397. The van der Waals surface area contributed by atoms with E-state index in [9.17, 15) is 18.5 Å². The molecular formula is C21H15BrClN3O3S. The van der Waals surface area contributed by atoms with Crippen LogP contribution in [0.5, 0.6) is 0 Å². The van der Waals surface area contributed by atoms with Crippen molar-refractivity contribution in [3.05, 3.63) is 87.4 Å². The minimum atomic E-state index is -3.81. The molecule has 0 spiro atoms. The zero-order valence-electron chi connectivity index (χ0n) is 15.6. The van der Waals surface area contributed by atoms with E-state index in [-0.39, 0.29) is 10.5 Å². The maximum Gasteiger partial charge on any atom is 0.264 e. The molecule has 3 aromatic rings. The number of halogens is 2. The van der Waals surface area contributed by atoms with E-state index in [1.807, 2.05) is 6.07 Å². The summed E-state index contributed by atoms with van der Waals surface area (Å²) in [5.74, 6) is -0.455. The molecule has 0 saturated heterocycles. The van der Waals surface area contributed by atoms with Gasteiger partial charge in [-0.15, -0.1) is 0 Å². The van der Waals surface area contributed by atoms with E-state index < -0.39 is 15.9 Å². The predicted molar refractivity (Wildman–Crippen MR) is 120 cm³/mol. The second kappa shape index (κ2) is 8.88. The van der Waals surface area contributed by atoms with E-state index in [4.69, 9.17) is 11.6 Å². The van der Waals surface area contributed by atoms with E-state index in [1.54, 1.807) is 42.5 Å². The van der Waals surface area contributed by atoms with Gasteiger partial charge in [-0.05, 0) is 66.7 Å². The summed E-state index contributed by atoms with van der Waals surface area (Å²) in [6.07, 6.45) is 0. The largest absolute Gasteiger partial charge is 0.321 e. The van der Waals surface area contributed by atoms with E-state index in [1.165, 1.54) is 31.3 Å². The summed E-state index contributed by atoms with van der Waals surface area (Å²) in [7, 11) is -2.37. The van der Waals surface area contributed by atoms with Gasteiger partial charge in [-0.25, -0.2) is 8.42 Å². The number of sulfonamides is 1. The number of hydrogen-bond donors (Lipinski definition) is 1. The van der Waals surface area contributed by atoms with E-state index in [2.05, 4.69) is 21.2 Å². The van der Waals surface area contributed by atoms with Crippen LogP contribution in [0, 0.1) is 11.3 Å². The standard InChI is InChI=1S/C21H15BrClN3O3S/c1-26(18-7-5-17(23)6-8-18)30(28,29)19-9-2-14(3-10-19)21(27)25-20-11-4-16(22)12-15(20)13-24/h2-12H,1H3,(H,25,27). The molecule has 0 bridgehead atoms. The molecule has 152 valence electrons. The van der Waals surface area contributed by atoms with Gasteiger partial charge in [0, 0.05) is 22.1 Å². The van der Waals surface area contributed by atoms with Crippen LogP contribution in [0.1, 0.15) is 15.9 Å². The van der Waals surface area contributed by atoms with Crippen molar-refractivity contribution in [3.8, 4) is 6.07 Å². The first-order chi connectivity index (χ1) is 14.2. The lowest BCUT2D eigenvalue weighted by Gasteiger charge is -2.19. The highest BCUT2D eigenvalue weighted by Crippen LogP contribution is 2.25. The van der Waals surface area contributed by atoms with Crippen molar-refractivity contribution in [2.45, 2.75) is 4.90 Å². The summed E-state index contributed by atoms with van der Waals surface area (Å²) in [6, 6.07) is 18.9. The minimum Gasteiger partial charge on any atom is -0.321 e. The summed E-state index contributed by atoms with van der Waals surface area (Å²) < 4.78 is 27.6. The molecule has 0 aliphatic rings. The van der Waals surface area contributed by atoms with Crippen molar-refractivity contribution in [3.63, 3.8) is 0 Å². The Balaban J connectivity index is 1.81. The molecule has 0 unspecified atom stereocenters. The quantitative estimate of drug-likeness (QED) is 0.526. The van der Waals surface area contributed by atoms with Crippen molar-refractivity contribution >= 4 is 54.8 Å². The Morgan fingerprint density at radius 2 is 1.70 bits per heavy atom. The number of rotatable bonds is 5. The summed E-state index contributed by atoms with van der Waals surface area (Å²) in [4.78, 5) is 12.6. The molecule has 0 fully saturated rings. The molecule has 9 heteroatoms. The average Bonchev–Trinajstić information content (AvgIpc) is 2.75. The van der Waals surface area contributed by atoms with Crippen LogP contribution in [0.15, 0.2) is 76.1 Å². The number of benzene rings is 3. The molecule has 0 aliphatic heterocycles. The van der Waals surface area contributed by atoms with E-state index >= 15 is 0 Å². The Bertz CT molecular complexity index is 1240. The number of hydrogen-bond acceptors (Lipinski definition) is 4. The van der Waals surface area contributed by atoms with Crippen LogP contribution in [0.25, 0.3) is 0 Å². The Morgan fingerprint density at radius 1 is 1.07 bits per heavy atom. The summed E-state index contributed by atoms with van der Waals surface area (Å²) in [5, 5.41) is 12.4. The van der Waals surface area contributed by atoms with Crippen LogP contribution in [0.2, 0.25) is 5.02 Å². The number of amides is 1. The van der Waals surface area contributed by atoms with Crippen LogP contribution in [0.3, 0.4) is 0 Å². The normalized spacial score (nSPS) is 10.9.